The molecule has 1 rings (SSSR count). The summed E-state index contributed by atoms with van der Waals surface area (Å²) >= 11 is 0. The Bertz CT molecular complexity index is 294. The Kier molecular flexibility index (Phi) is 3.02. The van der Waals surface area contributed by atoms with Gasteiger partial charge in [-0.3, -0.25) is 9.89 Å². The minimum Gasteiger partial charge on any atom is -0.348 e. The lowest BCUT2D eigenvalue weighted by molar-refractivity contribution is 0.0941. The summed E-state index contributed by atoms with van der Waals surface area (Å²) in [5, 5.41) is 9.21. The Balaban J connectivity index is 2.64. The number of amides is 1. The average Bonchev–Trinajstić information content (AvgIpc) is 2.51. The van der Waals surface area contributed by atoms with Crippen molar-refractivity contribution in [1.29, 1.82) is 0 Å². The molecule has 1 amide bonds. The van der Waals surface area contributed by atoms with Gasteiger partial charge in [0.25, 0.3) is 5.91 Å². The van der Waals surface area contributed by atoms with Crippen LogP contribution in [0.1, 0.15) is 23.0 Å². The second-order valence-corrected chi connectivity index (χ2v) is 3.02. The second kappa shape index (κ2) is 4.04. The molecule has 0 fully saturated rings. The van der Waals surface area contributed by atoms with Crippen LogP contribution in [0.5, 0.6) is 0 Å². The zero-order chi connectivity index (χ0) is 9.84. The predicted molar refractivity (Wildman–Crippen MR) is 49.3 cm³/mol. The number of nitrogens with zero attached hydrogens (tertiary/aromatic N) is 1. The van der Waals surface area contributed by atoms with E-state index in [1.54, 1.807) is 6.92 Å². The third-order valence-electron chi connectivity index (χ3n) is 1.81. The van der Waals surface area contributed by atoms with Crippen molar-refractivity contribution < 1.29 is 4.79 Å². The van der Waals surface area contributed by atoms with E-state index in [1.807, 2.05) is 6.92 Å². The Labute approximate surface area is 76.7 Å². The van der Waals surface area contributed by atoms with Crippen molar-refractivity contribution in [2.45, 2.75) is 19.9 Å². The van der Waals surface area contributed by atoms with Crippen molar-refractivity contribution in [1.82, 2.24) is 15.5 Å². The summed E-state index contributed by atoms with van der Waals surface area (Å²) in [6.45, 7) is 4.09. The molecule has 72 valence electrons. The highest BCUT2D eigenvalue weighted by atomic mass is 16.1. The molecular weight excluding hydrogens is 168 g/mol. The molecule has 0 aliphatic rings. The second-order valence-electron chi connectivity index (χ2n) is 3.02. The van der Waals surface area contributed by atoms with Gasteiger partial charge >= 0.3 is 0 Å². The van der Waals surface area contributed by atoms with E-state index in [1.165, 1.54) is 6.20 Å². The van der Waals surface area contributed by atoms with E-state index < -0.39 is 0 Å². The van der Waals surface area contributed by atoms with E-state index in [0.29, 0.717) is 12.1 Å². The minimum absolute atomic E-state index is 0.0122. The first-order valence-corrected chi connectivity index (χ1v) is 4.16. The molecule has 1 aromatic heterocycles. The number of hydrogen-bond donors (Lipinski definition) is 3. The molecule has 0 saturated heterocycles. The number of rotatable bonds is 3. The molecule has 13 heavy (non-hydrogen) atoms. The number of nitrogens with two attached hydrogens (primary N) is 1. The molecule has 0 saturated carbocycles. The van der Waals surface area contributed by atoms with Crippen LogP contribution in [0, 0.1) is 6.92 Å². The van der Waals surface area contributed by atoms with E-state index in [0.717, 1.165) is 5.69 Å². The van der Waals surface area contributed by atoms with E-state index in [4.69, 9.17) is 5.73 Å². The van der Waals surface area contributed by atoms with Crippen molar-refractivity contribution in [3.05, 3.63) is 17.5 Å². The predicted octanol–water partition coefficient (Wildman–Crippen LogP) is -0.205. The van der Waals surface area contributed by atoms with E-state index in [9.17, 15) is 4.79 Å². The van der Waals surface area contributed by atoms with E-state index in [2.05, 4.69) is 15.5 Å². The topological polar surface area (TPSA) is 83.8 Å². The summed E-state index contributed by atoms with van der Waals surface area (Å²) in [7, 11) is 0. The van der Waals surface area contributed by atoms with Crippen LogP contribution in [0.3, 0.4) is 0 Å². The molecule has 1 atom stereocenters. The fourth-order valence-electron chi connectivity index (χ4n) is 0.940. The number of nitrogens with one attached hydrogen (secondary N) is 2. The molecule has 5 nitrogen and oxygen atoms in total. The molecule has 4 N–H and O–H groups in total. The first kappa shape index (κ1) is 9.73. The van der Waals surface area contributed by atoms with Crippen LogP contribution < -0.4 is 11.1 Å². The van der Waals surface area contributed by atoms with Crippen LogP contribution in [-0.2, 0) is 0 Å². The van der Waals surface area contributed by atoms with Gasteiger partial charge in [0, 0.05) is 18.3 Å². The van der Waals surface area contributed by atoms with Crippen molar-refractivity contribution in [2.24, 2.45) is 5.73 Å². The third kappa shape index (κ3) is 2.29. The monoisotopic (exact) mass is 182 g/mol. The highest BCUT2D eigenvalue weighted by Crippen LogP contribution is 2.01. The van der Waals surface area contributed by atoms with Crippen LogP contribution >= 0.6 is 0 Å². The number of carbonyl (C=O) groups is 1. The molecule has 0 aromatic carbocycles. The standard InChI is InChI=1S/C8H14N4O/c1-5(3-9)11-8(13)7-4-10-12-6(7)2/h4-5H,3,9H2,1-2H3,(H,10,12)(H,11,13)/t5-/m1/s1. The van der Waals surface area contributed by atoms with Gasteiger partial charge in [0.1, 0.15) is 0 Å². The lowest BCUT2D eigenvalue weighted by Gasteiger charge is -2.10. The SMILES string of the molecule is Cc1[nH]ncc1C(=O)N[C@H](C)CN. The summed E-state index contributed by atoms with van der Waals surface area (Å²) in [5.74, 6) is -0.135. The summed E-state index contributed by atoms with van der Waals surface area (Å²) < 4.78 is 0. The first-order valence-electron chi connectivity index (χ1n) is 4.16. The van der Waals surface area contributed by atoms with Gasteiger partial charge in [0.05, 0.1) is 11.8 Å². The van der Waals surface area contributed by atoms with Gasteiger partial charge in [-0.05, 0) is 13.8 Å². The zero-order valence-corrected chi connectivity index (χ0v) is 7.79. The summed E-state index contributed by atoms with van der Waals surface area (Å²) in [4.78, 5) is 11.5. The summed E-state index contributed by atoms with van der Waals surface area (Å²) in [5.41, 5.74) is 6.71. The summed E-state index contributed by atoms with van der Waals surface area (Å²) in [6, 6.07) is -0.0122. The fourth-order valence-corrected chi connectivity index (χ4v) is 0.940. The van der Waals surface area contributed by atoms with Gasteiger partial charge < -0.3 is 11.1 Å². The number of aryl methyl sites for hydroxylation is 1. The highest BCUT2D eigenvalue weighted by molar-refractivity contribution is 5.95. The van der Waals surface area contributed by atoms with Gasteiger partial charge in [0.15, 0.2) is 0 Å². The average molecular weight is 182 g/mol. The van der Waals surface area contributed by atoms with Gasteiger partial charge in [-0.1, -0.05) is 0 Å². The molecule has 0 bridgehead atoms. The largest absolute Gasteiger partial charge is 0.348 e. The number of carbonyl (C=O) groups excluding carboxylic acids is 1. The minimum atomic E-state index is -0.135. The summed E-state index contributed by atoms with van der Waals surface area (Å²) in [6.07, 6.45) is 1.51. The normalized spacial score (nSPS) is 12.5. The van der Waals surface area contributed by atoms with Crippen LogP contribution in [0.25, 0.3) is 0 Å². The Morgan fingerprint density at radius 3 is 3.00 bits per heavy atom. The van der Waals surface area contributed by atoms with Crippen molar-refractivity contribution in [2.75, 3.05) is 6.54 Å². The molecule has 1 aromatic rings. The highest BCUT2D eigenvalue weighted by Gasteiger charge is 2.11. The van der Waals surface area contributed by atoms with Gasteiger partial charge in [0.2, 0.25) is 0 Å². The maximum absolute atomic E-state index is 11.5. The maximum Gasteiger partial charge on any atom is 0.254 e. The molecule has 0 aliphatic carbocycles. The van der Waals surface area contributed by atoms with Crippen LogP contribution in [-0.4, -0.2) is 28.7 Å². The molecule has 5 heteroatoms. The molecule has 1 heterocycles. The molecule has 0 spiro atoms. The van der Waals surface area contributed by atoms with Crippen molar-refractivity contribution >= 4 is 5.91 Å². The number of aromatic amines is 1. The van der Waals surface area contributed by atoms with Gasteiger partial charge in [-0.15, -0.1) is 0 Å². The Morgan fingerprint density at radius 1 is 1.85 bits per heavy atom. The van der Waals surface area contributed by atoms with Crippen LogP contribution in [0.15, 0.2) is 6.20 Å². The smallest absolute Gasteiger partial charge is 0.254 e. The third-order valence-corrected chi connectivity index (χ3v) is 1.81. The fraction of sp³-hybridized carbons (Fsp3) is 0.500. The molecule has 0 radical (unpaired) electrons. The number of aromatic nitrogens is 2. The Morgan fingerprint density at radius 2 is 2.54 bits per heavy atom. The van der Waals surface area contributed by atoms with Gasteiger partial charge in [-0.2, -0.15) is 5.10 Å². The maximum atomic E-state index is 11.5. The molecular formula is C8H14N4O. The van der Waals surface area contributed by atoms with E-state index >= 15 is 0 Å². The zero-order valence-electron chi connectivity index (χ0n) is 7.79. The van der Waals surface area contributed by atoms with Crippen molar-refractivity contribution in [3.63, 3.8) is 0 Å². The molecule has 0 unspecified atom stereocenters. The quantitative estimate of drug-likeness (QED) is 0.605. The number of H-pyrrole nitrogens is 1. The lowest BCUT2D eigenvalue weighted by Crippen LogP contribution is -2.37. The van der Waals surface area contributed by atoms with Crippen LogP contribution in [0.4, 0.5) is 0 Å². The first-order chi connectivity index (χ1) is 6.15. The van der Waals surface area contributed by atoms with Crippen molar-refractivity contribution in [3.8, 4) is 0 Å². The Hall–Kier alpha value is -1.36. The van der Waals surface area contributed by atoms with Crippen LogP contribution in [0.2, 0.25) is 0 Å². The number of hydrogen-bond acceptors (Lipinski definition) is 3. The lowest BCUT2D eigenvalue weighted by atomic mass is 10.2. The van der Waals surface area contributed by atoms with E-state index in [-0.39, 0.29) is 11.9 Å². The molecule has 0 aliphatic heterocycles. The van der Waals surface area contributed by atoms with Gasteiger partial charge in [-0.25, -0.2) is 0 Å².